The van der Waals surface area contributed by atoms with Crippen LogP contribution in [0.25, 0.3) is 0 Å². The van der Waals surface area contributed by atoms with Gasteiger partial charge in [0, 0.05) is 5.75 Å². The number of carbonyl (C=O) groups excluding carboxylic acids is 1. The van der Waals surface area contributed by atoms with Crippen LogP contribution in [0.3, 0.4) is 0 Å². The van der Waals surface area contributed by atoms with Gasteiger partial charge in [-0.3, -0.25) is 5.32 Å². The van der Waals surface area contributed by atoms with Gasteiger partial charge < -0.3 is 4.74 Å². The fraction of sp³-hybridized carbons (Fsp3) is 0.700. The number of hydrogen-bond acceptors (Lipinski definition) is 6. The maximum atomic E-state index is 11.2. The van der Waals surface area contributed by atoms with Crippen molar-refractivity contribution in [2.45, 2.75) is 37.4 Å². The normalized spacial score (nSPS) is 10.2. The molecule has 1 rings (SSSR count). The number of ether oxygens (including phenoxy) is 1. The fourth-order valence-corrected chi connectivity index (χ4v) is 2.83. The molecule has 0 aromatic carbocycles. The molecule has 7 heteroatoms. The molecule has 1 amide bonds. The summed E-state index contributed by atoms with van der Waals surface area (Å²) in [5, 5.41) is 10.9. The molecular weight excluding hydrogens is 258 g/mol. The van der Waals surface area contributed by atoms with Crippen molar-refractivity contribution in [1.29, 1.82) is 0 Å². The van der Waals surface area contributed by atoms with Gasteiger partial charge in [-0.15, -0.1) is 10.2 Å². The summed E-state index contributed by atoms with van der Waals surface area (Å²) in [6.45, 7) is 4.51. The van der Waals surface area contributed by atoms with Gasteiger partial charge in [0.15, 0.2) is 4.34 Å². The molecular formula is C10H17N3O2S2. The van der Waals surface area contributed by atoms with Gasteiger partial charge in [-0.05, 0) is 12.8 Å². The highest BCUT2D eigenvalue weighted by Gasteiger charge is 2.08. The van der Waals surface area contributed by atoms with Crippen LogP contribution in [0.5, 0.6) is 0 Å². The quantitative estimate of drug-likeness (QED) is 0.469. The van der Waals surface area contributed by atoms with Crippen molar-refractivity contribution in [3.63, 3.8) is 0 Å². The first-order chi connectivity index (χ1) is 8.26. The van der Waals surface area contributed by atoms with Gasteiger partial charge in [-0.25, -0.2) is 4.79 Å². The molecule has 0 atom stereocenters. The Kier molecular flexibility index (Phi) is 6.95. The number of amides is 1. The van der Waals surface area contributed by atoms with E-state index in [1.54, 1.807) is 11.8 Å². The van der Waals surface area contributed by atoms with E-state index in [-0.39, 0.29) is 0 Å². The molecule has 1 aromatic heterocycles. The van der Waals surface area contributed by atoms with Gasteiger partial charge in [0.25, 0.3) is 0 Å². The van der Waals surface area contributed by atoms with E-state index in [0.717, 1.165) is 22.9 Å². The summed E-state index contributed by atoms with van der Waals surface area (Å²) < 4.78 is 5.76. The summed E-state index contributed by atoms with van der Waals surface area (Å²) in [6.07, 6.45) is 2.67. The van der Waals surface area contributed by atoms with E-state index in [2.05, 4.69) is 22.4 Å². The average molecular weight is 275 g/mol. The number of carbonyl (C=O) groups is 1. The first-order valence-electron chi connectivity index (χ1n) is 5.66. The Balaban J connectivity index is 2.32. The Morgan fingerprint density at radius 1 is 1.41 bits per heavy atom. The zero-order valence-electron chi connectivity index (χ0n) is 10.1. The number of nitrogens with one attached hydrogen (secondary N) is 1. The molecule has 0 bridgehead atoms. The van der Waals surface area contributed by atoms with Crippen molar-refractivity contribution in [1.82, 2.24) is 10.2 Å². The molecule has 1 N–H and O–H groups in total. The monoisotopic (exact) mass is 275 g/mol. The molecule has 0 unspecified atom stereocenters. The molecule has 0 fully saturated rings. The molecule has 17 heavy (non-hydrogen) atoms. The van der Waals surface area contributed by atoms with Gasteiger partial charge in [0.2, 0.25) is 5.13 Å². The minimum Gasteiger partial charge on any atom is -0.449 e. The molecule has 0 aliphatic rings. The van der Waals surface area contributed by atoms with Gasteiger partial charge in [-0.1, -0.05) is 43.4 Å². The zero-order chi connectivity index (χ0) is 12.5. The molecule has 0 saturated heterocycles. The summed E-state index contributed by atoms with van der Waals surface area (Å²) in [5.74, 6) is 1.03. The van der Waals surface area contributed by atoms with Gasteiger partial charge in [-0.2, -0.15) is 0 Å². The van der Waals surface area contributed by atoms with Crippen LogP contribution in [-0.2, 0) is 4.74 Å². The second-order valence-electron chi connectivity index (χ2n) is 3.34. The maximum Gasteiger partial charge on any atom is 0.413 e. The minimum absolute atomic E-state index is 0.419. The van der Waals surface area contributed by atoms with E-state index in [0.29, 0.717) is 11.7 Å². The number of thioether (sulfide) groups is 1. The molecule has 1 aromatic rings. The molecule has 0 aliphatic heterocycles. The van der Waals surface area contributed by atoms with E-state index in [4.69, 9.17) is 4.74 Å². The predicted octanol–water partition coefficient (Wildman–Crippen LogP) is 3.39. The number of aromatic nitrogens is 2. The van der Waals surface area contributed by atoms with Crippen LogP contribution in [0.1, 0.15) is 33.1 Å². The molecule has 1 heterocycles. The third-order valence-electron chi connectivity index (χ3n) is 1.78. The lowest BCUT2D eigenvalue weighted by molar-refractivity contribution is 0.161. The van der Waals surface area contributed by atoms with Crippen molar-refractivity contribution in [2.75, 3.05) is 17.7 Å². The topological polar surface area (TPSA) is 64.1 Å². The summed E-state index contributed by atoms with van der Waals surface area (Å²) >= 11 is 3.04. The van der Waals surface area contributed by atoms with Crippen LogP contribution < -0.4 is 5.32 Å². The number of hydrogen-bond donors (Lipinski definition) is 1. The summed E-state index contributed by atoms with van der Waals surface area (Å²) in [6, 6.07) is 0. The Morgan fingerprint density at radius 2 is 2.24 bits per heavy atom. The first kappa shape index (κ1) is 14.2. The van der Waals surface area contributed by atoms with Crippen molar-refractivity contribution in [2.24, 2.45) is 0 Å². The number of anilines is 1. The van der Waals surface area contributed by atoms with E-state index >= 15 is 0 Å². The maximum absolute atomic E-state index is 11.2. The predicted molar refractivity (Wildman–Crippen MR) is 70.8 cm³/mol. The molecule has 0 aliphatic carbocycles. The Hall–Kier alpha value is -0.820. The summed E-state index contributed by atoms with van der Waals surface area (Å²) in [4.78, 5) is 11.2. The Labute approximate surface area is 109 Å². The van der Waals surface area contributed by atoms with E-state index in [9.17, 15) is 4.79 Å². The molecule has 5 nitrogen and oxygen atoms in total. The Bertz CT molecular complexity index is 344. The third kappa shape index (κ3) is 5.88. The number of rotatable bonds is 7. The van der Waals surface area contributed by atoms with E-state index in [1.165, 1.54) is 17.8 Å². The highest BCUT2D eigenvalue weighted by Crippen LogP contribution is 2.26. The average Bonchev–Trinajstić information content (AvgIpc) is 2.74. The number of nitrogens with zero attached hydrogens (tertiary/aromatic N) is 2. The lowest BCUT2D eigenvalue weighted by Gasteiger charge is -2.01. The molecule has 0 saturated carbocycles. The zero-order valence-corrected chi connectivity index (χ0v) is 11.7. The van der Waals surface area contributed by atoms with E-state index < -0.39 is 6.09 Å². The van der Waals surface area contributed by atoms with Crippen molar-refractivity contribution in [3.8, 4) is 0 Å². The second-order valence-corrected chi connectivity index (χ2v) is 5.66. The smallest absolute Gasteiger partial charge is 0.413 e. The molecule has 0 radical (unpaired) electrons. The van der Waals surface area contributed by atoms with Crippen molar-refractivity contribution >= 4 is 34.3 Å². The Morgan fingerprint density at radius 3 is 2.94 bits per heavy atom. The van der Waals surface area contributed by atoms with Crippen molar-refractivity contribution in [3.05, 3.63) is 0 Å². The first-order valence-corrected chi connectivity index (χ1v) is 7.46. The van der Waals surface area contributed by atoms with Crippen LogP contribution in [-0.4, -0.2) is 28.7 Å². The van der Waals surface area contributed by atoms with Crippen LogP contribution in [0, 0.1) is 0 Å². The molecule has 96 valence electrons. The minimum atomic E-state index is -0.465. The van der Waals surface area contributed by atoms with E-state index in [1.807, 2.05) is 6.92 Å². The van der Waals surface area contributed by atoms with Crippen LogP contribution in [0.4, 0.5) is 9.93 Å². The number of unbranched alkanes of at least 4 members (excludes halogenated alkanes) is 1. The lowest BCUT2D eigenvalue weighted by Crippen LogP contribution is -2.13. The largest absolute Gasteiger partial charge is 0.449 e. The van der Waals surface area contributed by atoms with Crippen LogP contribution in [0.2, 0.25) is 0 Å². The van der Waals surface area contributed by atoms with Crippen LogP contribution >= 0.6 is 23.1 Å². The van der Waals surface area contributed by atoms with Gasteiger partial charge >= 0.3 is 6.09 Å². The van der Waals surface area contributed by atoms with Gasteiger partial charge in [0.1, 0.15) is 0 Å². The second kappa shape index (κ2) is 8.30. The third-order valence-corrected chi connectivity index (χ3v) is 3.83. The summed E-state index contributed by atoms with van der Waals surface area (Å²) in [5.41, 5.74) is 0. The SMILES string of the molecule is CCCCSc1nnc(NC(=O)OCCC)s1. The molecule has 0 spiro atoms. The standard InChI is InChI=1S/C10H17N3O2S2/c1-3-5-7-16-10-13-12-8(17-10)11-9(14)15-6-4-2/h3-7H2,1-2H3,(H,11,12,14). The fourth-order valence-electron chi connectivity index (χ4n) is 0.941. The summed E-state index contributed by atoms with van der Waals surface area (Å²) in [7, 11) is 0. The van der Waals surface area contributed by atoms with Crippen LogP contribution in [0.15, 0.2) is 4.34 Å². The lowest BCUT2D eigenvalue weighted by atomic mass is 10.4. The van der Waals surface area contributed by atoms with Crippen molar-refractivity contribution < 1.29 is 9.53 Å². The van der Waals surface area contributed by atoms with Gasteiger partial charge in [0.05, 0.1) is 6.61 Å². The highest BCUT2D eigenvalue weighted by molar-refractivity contribution is 8.01. The highest BCUT2D eigenvalue weighted by atomic mass is 32.2.